The van der Waals surface area contributed by atoms with Crippen molar-refractivity contribution in [3.63, 3.8) is 0 Å². The zero-order valence-electron chi connectivity index (χ0n) is 12.5. The molecule has 0 radical (unpaired) electrons. The Morgan fingerprint density at radius 2 is 1.78 bits per heavy atom. The van der Waals surface area contributed by atoms with Crippen LogP contribution in [-0.4, -0.2) is 20.9 Å². The molecule has 1 aromatic heterocycles. The third-order valence-corrected chi connectivity index (χ3v) is 6.60. The van der Waals surface area contributed by atoms with E-state index in [2.05, 4.69) is 5.10 Å². The zero-order chi connectivity index (χ0) is 16.2. The molecule has 4 nitrogen and oxygen atoms in total. The summed E-state index contributed by atoms with van der Waals surface area (Å²) in [4.78, 5) is 11.5. The Bertz CT molecular complexity index is 706. The van der Waals surface area contributed by atoms with Crippen LogP contribution in [0.3, 0.4) is 0 Å². The summed E-state index contributed by atoms with van der Waals surface area (Å²) in [7, 11) is 0. The maximum atomic E-state index is 13.4. The van der Waals surface area contributed by atoms with Crippen molar-refractivity contribution in [1.29, 1.82) is 0 Å². The molecular weight excluding hydrogens is 309 g/mol. The number of carboxylic acid groups (broad SMARTS) is 1. The number of aromatic carboxylic acids is 1. The molecule has 4 fully saturated rings. The van der Waals surface area contributed by atoms with E-state index >= 15 is 0 Å². The molecule has 124 valence electrons. The predicted molar refractivity (Wildman–Crippen MR) is 73.0 cm³/mol. The standard InChI is InChI=1S/C16H17F3N2O2/c17-16(18,19)10-11(8-1-2-8)20-21(12(10)13(22)23)7-9-14(3-4-14)15(9)5-6-15/h8-9H,1-7H2,(H,22,23). The minimum absolute atomic E-state index is 0.0507. The number of nitrogens with zero attached hydrogens (tertiary/aromatic N) is 2. The lowest BCUT2D eigenvalue weighted by Gasteiger charge is -2.09. The van der Waals surface area contributed by atoms with Gasteiger partial charge in [-0.1, -0.05) is 0 Å². The lowest BCUT2D eigenvalue weighted by Crippen LogP contribution is -2.17. The summed E-state index contributed by atoms with van der Waals surface area (Å²) in [5.74, 6) is -1.43. The number of halogens is 3. The lowest BCUT2D eigenvalue weighted by atomic mass is 10.1. The minimum Gasteiger partial charge on any atom is -0.477 e. The molecular formula is C16H17F3N2O2. The van der Waals surface area contributed by atoms with E-state index in [-0.39, 0.29) is 11.6 Å². The molecule has 4 aliphatic rings. The summed E-state index contributed by atoms with van der Waals surface area (Å²) in [6, 6.07) is 0. The maximum absolute atomic E-state index is 13.4. The van der Waals surface area contributed by atoms with Crippen LogP contribution in [0.25, 0.3) is 0 Å². The molecule has 2 spiro atoms. The molecule has 1 aromatic rings. The van der Waals surface area contributed by atoms with Crippen LogP contribution in [0.1, 0.15) is 66.2 Å². The second kappa shape index (κ2) is 3.75. The fraction of sp³-hybridized carbons (Fsp3) is 0.750. The van der Waals surface area contributed by atoms with Crippen molar-refractivity contribution in [2.45, 2.75) is 57.2 Å². The van der Waals surface area contributed by atoms with Crippen molar-refractivity contribution in [3.05, 3.63) is 17.0 Å². The SMILES string of the molecule is O=C(O)c1c(C(F)(F)F)c(C2CC2)nn1CC1C2(CC2)C12CC2. The monoisotopic (exact) mass is 326 g/mol. The summed E-state index contributed by atoms with van der Waals surface area (Å²) in [6.45, 7) is 0.331. The van der Waals surface area contributed by atoms with E-state index in [9.17, 15) is 23.1 Å². The largest absolute Gasteiger partial charge is 0.477 e. The van der Waals surface area contributed by atoms with Crippen molar-refractivity contribution < 1.29 is 23.1 Å². The third-order valence-electron chi connectivity index (χ3n) is 6.60. The highest BCUT2D eigenvalue weighted by molar-refractivity contribution is 5.88. The van der Waals surface area contributed by atoms with Crippen LogP contribution in [0.5, 0.6) is 0 Å². The van der Waals surface area contributed by atoms with Crippen LogP contribution in [0, 0.1) is 16.7 Å². The molecule has 0 aliphatic heterocycles. The van der Waals surface area contributed by atoms with Crippen LogP contribution >= 0.6 is 0 Å². The van der Waals surface area contributed by atoms with Gasteiger partial charge in [-0.2, -0.15) is 18.3 Å². The van der Waals surface area contributed by atoms with Crippen LogP contribution in [0.4, 0.5) is 13.2 Å². The number of hydrogen-bond donors (Lipinski definition) is 1. The molecule has 5 rings (SSSR count). The first-order valence-corrected chi connectivity index (χ1v) is 8.21. The quantitative estimate of drug-likeness (QED) is 0.918. The van der Waals surface area contributed by atoms with E-state index in [0.29, 0.717) is 36.1 Å². The Kier molecular flexibility index (Phi) is 2.26. The van der Waals surface area contributed by atoms with Gasteiger partial charge >= 0.3 is 12.1 Å². The van der Waals surface area contributed by atoms with E-state index in [1.807, 2.05) is 0 Å². The molecule has 0 bridgehead atoms. The van der Waals surface area contributed by atoms with Gasteiger partial charge in [0, 0.05) is 12.5 Å². The molecule has 23 heavy (non-hydrogen) atoms. The number of hydrogen-bond acceptors (Lipinski definition) is 2. The number of carbonyl (C=O) groups is 1. The highest BCUT2D eigenvalue weighted by Gasteiger charge is 2.86. The molecule has 4 saturated carbocycles. The van der Waals surface area contributed by atoms with Gasteiger partial charge in [0.2, 0.25) is 0 Å². The molecule has 1 N–H and O–H groups in total. The summed E-state index contributed by atoms with van der Waals surface area (Å²) >= 11 is 0. The average Bonchev–Trinajstić information content (AvgIpc) is 3.31. The van der Waals surface area contributed by atoms with Crippen molar-refractivity contribution in [2.75, 3.05) is 0 Å². The van der Waals surface area contributed by atoms with Crippen molar-refractivity contribution in [3.8, 4) is 0 Å². The number of carboxylic acids is 1. The van der Waals surface area contributed by atoms with Gasteiger partial charge in [0.25, 0.3) is 0 Å². The van der Waals surface area contributed by atoms with Crippen molar-refractivity contribution in [2.24, 2.45) is 16.7 Å². The second-order valence-electron chi connectivity index (χ2n) is 7.73. The highest BCUT2D eigenvalue weighted by atomic mass is 19.4. The van der Waals surface area contributed by atoms with Gasteiger partial charge in [-0.05, 0) is 55.3 Å². The summed E-state index contributed by atoms with van der Waals surface area (Å²) in [6.07, 6.45) is 1.23. The summed E-state index contributed by atoms with van der Waals surface area (Å²) < 4.78 is 41.5. The fourth-order valence-electron chi connectivity index (χ4n) is 5.08. The first kappa shape index (κ1) is 13.9. The van der Waals surface area contributed by atoms with E-state index in [1.165, 1.54) is 0 Å². The number of aromatic nitrogens is 2. The average molecular weight is 326 g/mol. The maximum Gasteiger partial charge on any atom is 0.420 e. The van der Waals surface area contributed by atoms with E-state index < -0.39 is 23.4 Å². The molecule has 7 heteroatoms. The molecule has 0 atom stereocenters. The van der Waals surface area contributed by atoms with Crippen LogP contribution in [0.2, 0.25) is 0 Å². The molecule has 1 heterocycles. The first-order chi connectivity index (χ1) is 10.8. The summed E-state index contributed by atoms with van der Waals surface area (Å²) in [5.41, 5.74) is -1.09. The summed E-state index contributed by atoms with van der Waals surface area (Å²) in [5, 5.41) is 13.5. The highest BCUT2D eigenvalue weighted by Crippen LogP contribution is 2.92. The predicted octanol–water partition coefficient (Wildman–Crippen LogP) is 3.67. The second-order valence-corrected chi connectivity index (χ2v) is 7.73. The number of fused-ring (bicyclic) bond motifs is 1. The smallest absolute Gasteiger partial charge is 0.420 e. The molecule has 0 aromatic carbocycles. The lowest BCUT2D eigenvalue weighted by molar-refractivity contribution is -0.138. The van der Waals surface area contributed by atoms with Gasteiger partial charge in [-0.15, -0.1) is 0 Å². The van der Waals surface area contributed by atoms with Gasteiger partial charge in [0.1, 0.15) is 5.56 Å². The van der Waals surface area contributed by atoms with E-state index in [4.69, 9.17) is 0 Å². The molecule has 4 aliphatic carbocycles. The Morgan fingerprint density at radius 1 is 1.22 bits per heavy atom. The van der Waals surface area contributed by atoms with Crippen LogP contribution in [-0.2, 0) is 12.7 Å². The van der Waals surface area contributed by atoms with Crippen molar-refractivity contribution >= 4 is 5.97 Å². The van der Waals surface area contributed by atoms with E-state index in [1.54, 1.807) is 0 Å². The zero-order valence-corrected chi connectivity index (χ0v) is 12.5. The fourth-order valence-corrected chi connectivity index (χ4v) is 5.08. The number of rotatable bonds is 4. The first-order valence-electron chi connectivity index (χ1n) is 8.21. The Balaban J connectivity index is 1.57. The molecule has 0 amide bonds. The topological polar surface area (TPSA) is 55.1 Å². The van der Waals surface area contributed by atoms with E-state index in [0.717, 1.165) is 30.4 Å². The van der Waals surface area contributed by atoms with Crippen LogP contribution in [0.15, 0.2) is 0 Å². The molecule has 0 saturated heterocycles. The Hall–Kier alpha value is -1.53. The Labute approximate surface area is 130 Å². The Morgan fingerprint density at radius 3 is 2.17 bits per heavy atom. The van der Waals surface area contributed by atoms with Crippen LogP contribution < -0.4 is 0 Å². The van der Waals surface area contributed by atoms with Gasteiger partial charge in [-0.3, -0.25) is 4.68 Å². The van der Waals surface area contributed by atoms with Crippen molar-refractivity contribution in [1.82, 2.24) is 9.78 Å². The van der Waals surface area contributed by atoms with Gasteiger partial charge in [-0.25, -0.2) is 4.79 Å². The van der Waals surface area contributed by atoms with Gasteiger partial charge in [0.15, 0.2) is 5.69 Å². The number of alkyl halides is 3. The third kappa shape index (κ3) is 1.68. The van der Waals surface area contributed by atoms with Gasteiger partial charge in [0.05, 0.1) is 5.69 Å². The minimum atomic E-state index is -4.66. The van der Waals surface area contributed by atoms with Gasteiger partial charge < -0.3 is 5.11 Å². The normalized spacial score (nSPS) is 26.7. The molecule has 0 unspecified atom stereocenters.